The molecule has 24 heavy (non-hydrogen) atoms. The fourth-order valence-electron chi connectivity index (χ4n) is 2.36. The lowest BCUT2D eigenvalue weighted by atomic mass is 10.1. The molecular weight excluding hydrogens is 324 g/mol. The molecule has 1 N–H and O–H groups in total. The van der Waals surface area contributed by atoms with E-state index in [1.165, 1.54) is 7.11 Å². The molecule has 0 aliphatic heterocycles. The third kappa shape index (κ3) is 4.49. The zero-order valence-electron chi connectivity index (χ0n) is 14.5. The fraction of sp³-hybridized carbons (Fsp3) is 0.333. The van der Waals surface area contributed by atoms with Crippen molar-refractivity contribution in [2.24, 2.45) is 0 Å². The van der Waals surface area contributed by atoms with Crippen LogP contribution < -0.4 is 14.4 Å². The lowest BCUT2D eigenvalue weighted by molar-refractivity contribution is 0.402. The number of nitrogens with one attached hydrogen (secondary N) is 1. The number of aryl methyl sites for hydroxylation is 1. The van der Waals surface area contributed by atoms with E-state index in [1.54, 1.807) is 12.1 Å². The van der Waals surface area contributed by atoms with Gasteiger partial charge in [0.1, 0.15) is 10.6 Å². The predicted molar refractivity (Wildman–Crippen MR) is 97.4 cm³/mol. The van der Waals surface area contributed by atoms with Crippen LogP contribution in [-0.2, 0) is 16.4 Å². The van der Waals surface area contributed by atoms with Crippen LogP contribution in [-0.4, -0.2) is 36.2 Å². The summed E-state index contributed by atoms with van der Waals surface area (Å²) in [6.45, 7) is 2.19. The van der Waals surface area contributed by atoms with E-state index in [0.717, 1.165) is 16.8 Å². The number of sulfonamides is 1. The van der Waals surface area contributed by atoms with E-state index in [0.29, 0.717) is 18.7 Å². The monoisotopic (exact) mass is 348 g/mol. The third-order valence-electron chi connectivity index (χ3n) is 3.77. The highest BCUT2D eigenvalue weighted by Crippen LogP contribution is 2.24. The summed E-state index contributed by atoms with van der Waals surface area (Å²) >= 11 is 0. The Balaban J connectivity index is 2.04. The number of nitrogens with zero attached hydrogens (tertiary/aromatic N) is 1. The molecule has 0 unspecified atom stereocenters. The molecule has 2 rings (SSSR count). The molecule has 0 saturated carbocycles. The molecule has 0 fully saturated rings. The van der Waals surface area contributed by atoms with Crippen LogP contribution in [0.15, 0.2) is 47.4 Å². The Bertz CT molecular complexity index is 784. The van der Waals surface area contributed by atoms with E-state index in [2.05, 4.69) is 4.72 Å². The van der Waals surface area contributed by atoms with E-state index < -0.39 is 10.0 Å². The molecule has 0 atom stereocenters. The first-order valence-electron chi connectivity index (χ1n) is 7.74. The molecule has 0 saturated heterocycles. The highest BCUT2D eigenvalue weighted by Gasteiger charge is 2.19. The number of anilines is 1. The van der Waals surface area contributed by atoms with Gasteiger partial charge in [-0.05, 0) is 48.7 Å². The first-order chi connectivity index (χ1) is 11.3. The van der Waals surface area contributed by atoms with E-state index in [-0.39, 0.29) is 4.90 Å². The van der Waals surface area contributed by atoms with Crippen LogP contribution in [0.1, 0.15) is 11.1 Å². The molecule has 2 aromatic rings. The molecule has 0 aliphatic rings. The molecule has 0 heterocycles. The van der Waals surface area contributed by atoms with Gasteiger partial charge in [-0.2, -0.15) is 0 Å². The van der Waals surface area contributed by atoms with Gasteiger partial charge in [0.05, 0.1) is 7.11 Å². The van der Waals surface area contributed by atoms with Gasteiger partial charge in [-0.15, -0.1) is 0 Å². The summed E-state index contributed by atoms with van der Waals surface area (Å²) in [4.78, 5) is 2.20. The molecule has 130 valence electrons. The number of methoxy groups -OCH3 is 1. The molecule has 5 nitrogen and oxygen atoms in total. The van der Waals surface area contributed by atoms with Gasteiger partial charge in [0.15, 0.2) is 0 Å². The van der Waals surface area contributed by atoms with Gasteiger partial charge in [-0.25, -0.2) is 13.1 Å². The number of ether oxygens (including phenoxy) is 1. The predicted octanol–water partition coefficient (Wildman–Crippen LogP) is 2.59. The molecule has 0 radical (unpaired) electrons. The summed E-state index contributed by atoms with van der Waals surface area (Å²) in [5.41, 5.74) is 3.07. The number of benzene rings is 2. The summed E-state index contributed by atoms with van der Waals surface area (Å²) < 4.78 is 32.8. The summed E-state index contributed by atoms with van der Waals surface area (Å²) in [5, 5.41) is 0. The van der Waals surface area contributed by atoms with Gasteiger partial charge in [-0.1, -0.05) is 18.2 Å². The van der Waals surface area contributed by atoms with Crippen LogP contribution in [0, 0.1) is 6.92 Å². The van der Waals surface area contributed by atoms with Crippen LogP contribution in [0.3, 0.4) is 0 Å². The van der Waals surface area contributed by atoms with Crippen molar-refractivity contribution in [1.29, 1.82) is 0 Å². The van der Waals surface area contributed by atoms with Gasteiger partial charge >= 0.3 is 0 Å². The number of rotatable bonds is 7. The largest absolute Gasteiger partial charge is 0.495 e. The minimum Gasteiger partial charge on any atom is -0.495 e. The van der Waals surface area contributed by atoms with Crippen molar-refractivity contribution in [3.05, 3.63) is 53.6 Å². The Kier molecular flexibility index (Phi) is 5.85. The first kappa shape index (κ1) is 18.3. The third-order valence-corrected chi connectivity index (χ3v) is 5.25. The van der Waals surface area contributed by atoms with Crippen LogP contribution >= 0.6 is 0 Å². The van der Waals surface area contributed by atoms with Crippen molar-refractivity contribution in [1.82, 2.24) is 4.72 Å². The smallest absolute Gasteiger partial charge is 0.244 e. The summed E-state index contributed by atoms with van der Waals surface area (Å²) in [5.74, 6) is 0.350. The van der Waals surface area contributed by atoms with Gasteiger partial charge in [0.25, 0.3) is 0 Å². The second-order valence-corrected chi connectivity index (χ2v) is 7.60. The van der Waals surface area contributed by atoms with Crippen LogP contribution in [0.25, 0.3) is 0 Å². The average molecular weight is 348 g/mol. The van der Waals surface area contributed by atoms with E-state index in [9.17, 15) is 8.42 Å². The number of hydrogen-bond acceptors (Lipinski definition) is 4. The molecule has 0 amide bonds. The number of hydrogen-bond donors (Lipinski definition) is 1. The van der Waals surface area contributed by atoms with Crippen molar-refractivity contribution in [3.8, 4) is 5.75 Å². The Labute approximate surface area is 144 Å². The van der Waals surface area contributed by atoms with Crippen molar-refractivity contribution < 1.29 is 13.2 Å². The summed E-state index contributed by atoms with van der Waals surface area (Å²) in [6.07, 6.45) is 0.626. The highest BCUT2D eigenvalue weighted by atomic mass is 32.2. The lowest BCUT2D eigenvalue weighted by Crippen LogP contribution is -2.26. The topological polar surface area (TPSA) is 58.6 Å². The van der Waals surface area contributed by atoms with Crippen molar-refractivity contribution in [2.75, 3.05) is 32.6 Å². The standard InChI is InChI=1S/C18H24N2O3S/c1-14-5-10-17(23-4)18(13-14)24(21,22)19-12-11-15-6-8-16(9-7-15)20(2)3/h5-10,13,19H,11-12H2,1-4H3. The minimum atomic E-state index is -3.60. The molecule has 0 spiro atoms. The highest BCUT2D eigenvalue weighted by molar-refractivity contribution is 7.89. The van der Waals surface area contributed by atoms with Gasteiger partial charge in [0.2, 0.25) is 10.0 Å². The quantitative estimate of drug-likeness (QED) is 0.835. The molecule has 2 aromatic carbocycles. The van der Waals surface area contributed by atoms with Crippen LogP contribution in [0.2, 0.25) is 0 Å². The molecule has 0 aliphatic carbocycles. The SMILES string of the molecule is COc1ccc(C)cc1S(=O)(=O)NCCc1ccc(N(C)C)cc1. The van der Waals surface area contributed by atoms with E-state index >= 15 is 0 Å². The zero-order valence-corrected chi connectivity index (χ0v) is 15.4. The Morgan fingerprint density at radius 3 is 2.33 bits per heavy atom. The maximum absolute atomic E-state index is 12.5. The Morgan fingerprint density at radius 1 is 1.08 bits per heavy atom. The summed E-state index contributed by atoms with van der Waals surface area (Å²) in [7, 11) is 1.84. The van der Waals surface area contributed by atoms with Gasteiger partial charge in [-0.3, -0.25) is 0 Å². The average Bonchev–Trinajstić information content (AvgIpc) is 2.55. The normalized spacial score (nSPS) is 11.3. The second-order valence-electron chi connectivity index (χ2n) is 5.86. The van der Waals surface area contributed by atoms with Crippen LogP contribution in [0.5, 0.6) is 5.75 Å². The first-order valence-corrected chi connectivity index (χ1v) is 9.22. The summed E-state index contributed by atoms with van der Waals surface area (Å²) in [6, 6.07) is 13.2. The van der Waals surface area contributed by atoms with Gasteiger partial charge < -0.3 is 9.64 Å². The maximum Gasteiger partial charge on any atom is 0.244 e. The fourth-order valence-corrected chi connectivity index (χ4v) is 3.65. The van der Waals surface area contributed by atoms with Crippen molar-refractivity contribution >= 4 is 15.7 Å². The zero-order chi connectivity index (χ0) is 17.7. The second kappa shape index (κ2) is 7.68. The molecule has 6 heteroatoms. The molecular formula is C18H24N2O3S. The van der Waals surface area contributed by atoms with E-state index in [4.69, 9.17) is 4.74 Å². The Hall–Kier alpha value is -2.05. The van der Waals surface area contributed by atoms with Crippen LogP contribution in [0.4, 0.5) is 5.69 Å². The van der Waals surface area contributed by atoms with Gasteiger partial charge in [0, 0.05) is 26.3 Å². The minimum absolute atomic E-state index is 0.174. The molecule has 0 bridgehead atoms. The Morgan fingerprint density at radius 2 is 1.75 bits per heavy atom. The van der Waals surface area contributed by atoms with E-state index in [1.807, 2.05) is 56.3 Å². The lowest BCUT2D eigenvalue weighted by Gasteiger charge is -2.13. The van der Waals surface area contributed by atoms with Crippen molar-refractivity contribution in [2.45, 2.75) is 18.2 Å². The molecule has 0 aromatic heterocycles. The maximum atomic E-state index is 12.5. The van der Waals surface area contributed by atoms with Crippen molar-refractivity contribution in [3.63, 3.8) is 0 Å².